The quantitative estimate of drug-likeness (QED) is 0.712. The molecule has 8 nitrogen and oxygen atoms in total. The van der Waals surface area contributed by atoms with E-state index in [1.54, 1.807) is 16.8 Å². The minimum Gasteiger partial charge on any atom is -0.366 e. The zero-order valence-corrected chi connectivity index (χ0v) is 15.7. The molecule has 0 bridgehead atoms. The smallest absolute Gasteiger partial charge is 0.248 e. The Morgan fingerprint density at radius 3 is 2.72 bits per heavy atom. The molecule has 3 heterocycles. The number of primary amides is 1. The molecule has 2 aromatic heterocycles. The first kappa shape index (κ1) is 17.6. The summed E-state index contributed by atoms with van der Waals surface area (Å²) < 4.78 is 12.9. The maximum atomic E-state index is 11.3. The lowest BCUT2D eigenvalue weighted by atomic mass is 9.98. The van der Waals surface area contributed by atoms with E-state index in [9.17, 15) is 4.79 Å². The Kier molecular flexibility index (Phi) is 4.15. The predicted octanol–water partition coefficient (Wildman–Crippen LogP) is 2.27. The van der Waals surface area contributed by atoms with Crippen LogP contribution in [0.4, 0.5) is 0 Å². The highest BCUT2D eigenvalue weighted by molar-refractivity contribution is 5.93. The van der Waals surface area contributed by atoms with E-state index < -0.39 is 5.91 Å². The van der Waals surface area contributed by atoms with Gasteiger partial charge in [-0.05, 0) is 24.3 Å². The second-order valence-corrected chi connectivity index (χ2v) is 6.99. The van der Waals surface area contributed by atoms with Crippen molar-refractivity contribution in [2.45, 2.75) is 12.2 Å². The van der Waals surface area contributed by atoms with Gasteiger partial charge in [-0.3, -0.25) is 9.48 Å². The van der Waals surface area contributed by atoms with Crippen molar-refractivity contribution in [1.82, 2.24) is 19.7 Å². The molecule has 2 atom stereocenters. The van der Waals surface area contributed by atoms with Gasteiger partial charge in [-0.1, -0.05) is 24.3 Å². The first-order valence-electron chi connectivity index (χ1n) is 9.22. The van der Waals surface area contributed by atoms with Crippen molar-refractivity contribution in [1.29, 1.82) is 0 Å². The van der Waals surface area contributed by atoms with E-state index in [1.807, 2.05) is 49.7 Å². The number of aryl methyl sites for hydroxylation is 1. The third-order valence-electron chi connectivity index (χ3n) is 5.04. The van der Waals surface area contributed by atoms with Crippen LogP contribution in [-0.2, 0) is 16.5 Å². The molecule has 1 aromatic carbocycles. The van der Waals surface area contributed by atoms with Gasteiger partial charge in [-0.2, -0.15) is 5.10 Å². The molecule has 1 fully saturated rings. The SMILES string of the molecule is Cn1ccc(-c2[nH]c(-c3ccc(C(N)=O)cc3)nc2C2=CC3OCOC3C=C2)n1. The number of carbonyl (C=O) groups is 1. The van der Waals surface area contributed by atoms with Crippen LogP contribution in [0.2, 0.25) is 0 Å². The molecule has 2 aliphatic rings. The summed E-state index contributed by atoms with van der Waals surface area (Å²) in [5.41, 5.74) is 9.95. The van der Waals surface area contributed by atoms with Gasteiger partial charge in [0.1, 0.15) is 30.5 Å². The number of hydrogen-bond acceptors (Lipinski definition) is 5. The number of imidazole rings is 1. The lowest BCUT2D eigenvalue weighted by molar-refractivity contribution is 0.0504. The van der Waals surface area contributed by atoms with Crippen molar-refractivity contribution in [2.75, 3.05) is 6.79 Å². The van der Waals surface area contributed by atoms with Crippen LogP contribution in [0.3, 0.4) is 0 Å². The van der Waals surface area contributed by atoms with E-state index in [2.05, 4.69) is 10.1 Å². The topological polar surface area (TPSA) is 108 Å². The van der Waals surface area contributed by atoms with Crippen LogP contribution in [0.25, 0.3) is 28.3 Å². The number of aromatic nitrogens is 4. The molecule has 8 heteroatoms. The predicted molar refractivity (Wildman–Crippen MR) is 106 cm³/mol. The van der Waals surface area contributed by atoms with Crippen LogP contribution in [0.5, 0.6) is 0 Å². The van der Waals surface area contributed by atoms with Gasteiger partial charge in [-0.25, -0.2) is 4.98 Å². The number of amides is 1. The van der Waals surface area contributed by atoms with Gasteiger partial charge in [0.2, 0.25) is 5.91 Å². The van der Waals surface area contributed by atoms with Crippen molar-refractivity contribution in [3.63, 3.8) is 0 Å². The molecular formula is C21H19N5O3. The van der Waals surface area contributed by atoms with Gasteiger partial charge in [0.15, 0.2) is 0 Å². The molecule has 1 amide bonds. The van der Waals surface area contributed by atoms with Gasteiger partial charge in [0.25, 0.3) is 0 Å². The minimum absolute atomic E-state index is 0.0585. The summed E-state index contributed by atoms with van der Waals surface area (Å²) in [6.45, 7) is 0.286. The number of rotatable bonds is 4. The van der Waals surface area contributed by atoms with E-state index >= 15 is 0 Å². The number of benzene rings is 1. The molecule has 0 saturated carbocycles. The van der Waals surface area contributed by atoms with Crippen molar-refractivity contribution in [3.05, 3.63) is 66.0 Å². The van der Waals surface area contributed by atoms with Crippen molar-refractivity contribution >= 4 is 11.5 Å². The molecule has 29 heavy (non-hydrogen) atoms. The van der Waals surface area contributed by atoms with Crippen LogP contribution in [0.1, 0.15) is 16.1 Å². The summed E-state index contributed by atoms with van der Waals surface area (Å²) in [7, 11) is 1.87. The van der Waals surface area contributed by atoms with E-state index in [0.717, 1.165) is 28.2 Å². The van der Waals surface area contributed by atoms with Crippen LogP contribution in [-0.4, -0.2) is 44.7 Å². The Hall–Kier alpha value is -3.49. The monoisotopic (exact) mass is 389 g/mol. The molecule has 3 N–H and O–H groups in total. The number of nitrogens with two attached hydrogens (primary N) is 1. The molecule has 0 radical (unpaired) electrons. The van der Waals surface area contributed by atoms with Gasteiger partial charge in [-0.15, -0.1) is 0 Å². The molecule has 0 spiro atoms. The van der Waals surface area contributed by atoms with Gasteiger partial charge in [0.05, 0.1) is 11.4 Å². The molecular weight excluding hydrogens is 370 g/mol. The first-order valence-corrected chi connectivity index (χ1v) is 9.22. The second-order valence-electron chi connectivity index (χ2n) is 6.99. The average Bonchev–Trinajstić information content (AvgIpc) is 3.46. The number of H-pyrrole nitrogens is 1. The van der Waals surface area contributed by atoms with E-state index in [0.29, 0.717) is 11.4 Å². The van der Waals surface area contributed by atoms with E-state index in [4.69, 9.17) is 20.2 Å². The minimum atomic E-state index is -0.461. The maximum Gasteiger partial charge on any atom is 0.248 e. The van der Waals surface area contributed by atoms with Crippen molar-refractivity contribution in [3.8, 4) is 22.8 Å². The lowest BCUT2D eigenvalue weighted by Gasteiger charge is -2.15. The normalized spacial score (nSPS) is 20.5. The fourth-order valence-corrected chi connectivity index (χ4v) is 3.53. The molecule has 3 aromatic rings. The molecule has 1 aliphatic carbocycles. The standard InChI is InChI=1S/C21H19N5O3/c1-26-9-8-15(25-26)19-18(14-6-7-16-17(10-14)29-11-28-16)23-21(24-19)13-4-2-12(3-5-13)20(22)27/h2-10,16-17H,11H2,1H3,(H2,22,27)(H,23,24). The first-order chi connectivity index (χ1) is 14.1. The molecule has 5 rings (SSSR count). The molecule has 2 unspecified atom stereocenters. The number of nitrogens with one attached hydrogen (secondary N) is 1. The highest BCUT2D eigenvalue weighted by Crippen LogP contribution is 2.34. The number of fused-ring (bicyclic) bond motifs is 1. The van der Waals surface area contributed by atoms with Crippen LogP contribution >= 0.6 is 0 Å². The maximum absolute atomic E-state index is 11.3. The molecule has 1 aliphatic heterocycles. The van der Waals surface area contributed by atoms with Crippen LogP contribution in [0, 0.1) is 0 Å². The number of carbonyl (C=O) groups excluding carboxylic acids is 1. The Balaban J connectivity index is 1.59. The fourth-order valence-electron chi connectivity index (χ4n) is 3.53. The third kappa shape index (κ3) is 3.18. The number of nitrogens with zero attached hydrogens (tertiary/aromatic N) is 3. The van der Waals surface area contributed by atoms with E-state index in [-0.39, 0.29) is 19.0 Å². The van der Waals surface area contributed by atoms with Crippen LogP contribution in [0.15, 0.2) is 54.8 Å². The summed E-state index contributed by atoms with van der Waals surface area (Å²) in [5.74, 6) is 0.216. The average molecular weight is 389 g/mol. The lowest BCUT2D eigenvalue weighted by Crippen LogP contribution is -2.20. The molecule has 1 saturated heterocycles. The van der Waals surface area contributed by atoms with Crippen LogP contribution < -0.4 is 5.73 Å². The Morgan fingerprint density at radius 2 is 2.00 bits per heavy atom. The summed E-state index contributed by atoms with van der Waals surface area (Å²) in [6, 6.07) is 8.95. The third-order valence-corrected chi connectivity index (χ3v) is 5.04. The summed E-state index contributed by atoms with van der Waals surface area (Å²) in [4.78, 5) is 19.6. The van der Waals surface area contributed by atoms with Gasteiger partial charge in [0, 0.05) is 29.9 Å². The zero-order valence-electron chi connectivity index (χ0n) is 15.7. The summed E-state index contributed by atoms with van der Waals surface area (Å²) in [6.07, 6.45) is 7.72. The summed E-state index contributed by atoms with van der Waals surface area (Å²) >= 11 is 0. The van der Waals surface area contributed by atoms with Gasteiger partial charge < -0.3 is 20.2 Å². The highest BCUT2D eigenvalue weighted by atomic mass is 16.7. The summed E-state index contributed by atoms with van der Waals surface area (Å²) in [5, 5.41) is 4.52. The Labute approximate surface area is 166 Å². The fraction of sp³-hybridized carbons (Fsp3) is 0.190. The number of hydrogen-bond donors (Lipinski definition) is 2. The Morgan fingerprint density at radius 1 is 1.21 bits per heavy atom. The number of allylic oxidation sites excluding steroid dienone is 2. The highest BCUT2D eigenvalue weighted by Gasteiger charge is 2.30. The Bertz CT molecular complexity index is 1140. The van der Waals surface area contributed by atoms with Gasteiger partial charge >= 0.3 is 0 Å². The molecule has 146 valence electrons. The van der Waals surface area contributed by atoms with E-state index in [1.165, 1.54) is 0 Å². The second kappa shape index (κ2) is 6.84. The van der Waals surface area contributed by atoms with Crippen molar-refractivity contribution < 1.29 is 14.3 Å². The largest absolute Gasteiger partial charge is 0.366 e. The zero-order chi connectivity index (χ0) is 20.0. The van der Waals surface area contributed by atoms with Crippen molar-refractivity contribution in [2.24, 2.45) is 12.8 Å². The number of ether oxygens (including phenoxy) is 2. The number of aromatic amines is 1.